The first-order valence-corrected chi connectivity index (χ1v) is 6.11. The molecule has 2 N–H and O–H groups in total. The summed E-state index contributed by atoms with van der Waals surface area (Å²) in [7, 11) is 0. The van der Waals surface area contributed by atoms with Crippen molar-refractivity contribution >= 4 is 29.5 Å². The molecular weight excluding hydrogens is 264 g/mol. The fraction of sp³-hybridized carbons (Fsp3) is 0.143. The van der Waals surface area contributed by atoms with E-state index in [1.54, 1.807) is 18.2 Å². The van der Waals surface area contributed by atoms with E-state index in [0.29, 0.717) is 28.4 Å². The molecule has 0 aliphatic rings. The molecule has 4 nitrogen and oxygen atoms in total. The third-order valence-corrected chi connectivity index (χ3v) is 3.05. The zero-order valence-corrected chi connectivity index (χ0v) is 11.3. The largest absolute Gasteiger partial charge is 0.348 e. The standard InChI is InChI=1S/C14H13ClN2O2/c1-8-5-9(2)13(11(15)6-8)17-14(19)12-4-3-10(7-18)16-12/h3-7,16H,1-2H3,(H,17,19). The minimum atomic E-state index is -0.332. The summed E-state index contributed by atoms with van der Waals surface area (Å²) in [5.41, 5.74) is 3.18. The third kappa shape index (κ3) is 2.85. The van der Waals surface area contributed by atoms with Crippen molar-refractivity contribution in [3.63, 3.8) is 0 Å². The van der Waals surface area contributed by atoms with Crippen LogP contribution in [-0.2, 0) is 0 Å². The normalized spacial score (nSPS) is 10.3. The maximum absolute atomic E-state index is 12.0. The Kier molecular flexibility index (Phi) is 3.71. The summed E-state index contributed by atoms with van der Waals surface area (Å²) in [5, 5.41) is 3.23. The van der Waals surface area contributed by atoms with Crippen molar-refractivity contribution in [2.45, 2.75) is 13.8 Å². The van der Waals surface area contributed by atoms with Gasteiger partial charge < -0.3 is 10.3 Å². The Bertz CT molecular complexity index is 624. The monoisotopic (exact) mass is 276 g/mol. The van der Waals surface area contributed by atoms with Gasteiger partial charge in [-0.2, -0.15) is 0 Å². The molecule has 0 aliphatic carbocycles. The lowest BCUT2D eigenvalue weighted by Crippen LogP contribution is -2.13. The number of rotatable bonds is 3. The fourth-order valence-corrected chi connectivity index (χ4v) is 2.24. The summed E-state index contributed by atoms with van der Waals surface area (Å²) in [4.78, 5) is 25.3. The van der Waals surface area contributed by atoms with Gasteiger partial charge in [0.2, 0.25) is 0 Å². The zero-order chi connectivity index (χ0) is 14.0. The van der Waals surface area contributed by atoms with E-state index < -0.39 is 0 Å². The van der Waals surface area contributed by atoms with Crippen molar-refractivity contribution in [1.29, 1.82) is 0 Å². The van der Waals surface area contributed by atoms with E-state index in [2.05, 4.69) is 10.3 Å². The van der Waals surface area contributed by atoms with Crippen molar-refractivity contribution in [2.24, 2.45) is 0 Å². The molecule has 0 saturated carbocycles. The number of benzene rings is 1. The van der Waals surface area contributed by atoms with Gasteiger partial charge in [0.1, 0.15) is 5.69 Å². The van der Waals surface area contributed by atoms with Crippen molar-refractivity contribution in [3.8, 4) is 0 Å². The van der Waals surface area contributed by atoms with Gasteiger partial charge in [-0.3, -0.25) is 9.59 Å². The minimum absolute atomic E-state index is 0.318. The number of aldehydes is 1. The molecular formula is C14H13ClN2O2. The summed E-state index contributed by atoms with van der Waals surface area (Å²) in [6.45, 7) is 3.81. The number of carbonyl (C=O) groups excluding carboxylic acids is 2. The van der Waals surface area contributed by atoms with Gasteiger partial charge in [-0.1, -0.05) is 17.7 Å². The predicted octanol–water partition coefficient (Wildman–Crippen LogP) is 3.35. The molecule has 0 saturated heterocycles. The zero-order valence-electron chi connectivity index (χ0n) is 10.6. The lowest BCUT2D eigenvalue weighted by molar-refractivity contribution is 0.102. The molecule has 0 aliphatic heterocycles. The van der Waals surface area contributed by atoms with Crippen LogP contribution in [0.2, 0.25) is 5.02 Å². The van der Waals surface area contributed by atoms with Gasteiger partial charge in [-0.15, -0.1) is 0 Å². The van der Waals surface area contributed by atoms with Gasteiger partial charge in [0, 0.05) is 0 Å². The second-order valence-corrected chi connectivity index (χ2v) is 4.75. The number of hydrogen-bond acceptors (Lipinski definition) is 2. The number of hydrogen-bond donors (Lipinski definition) is 2. The Morgan fingerprint density at radius 3 is 2.63 bits per heavy atom. The van der Waals surface area contributed by atoms with Crippen LogP contribution in [0.25, 0.3) is 0 Å². The molecule has 98 valence electrons. The van der Waals surface area contributed by atoms with E-state index >= 15 is 0 Å². The summed E-state index contributed by atoms with van der Waals surface area (Å²) in [5.74, 6) is -0.332. The molecule has 2 aromatic rings. The first kappa shape index (κ1) is 13.4. The van der Waals surface area contributed by atoms with Gasteiger partial charge in [0.05, 0.1) is 16.4 Å². The molecule has 0 fully saturated rings. The van der Waals surface area contributed by atoms with E-state index in [1.165, 1.54) is 0 Å². The van der Waals surface area contributed by atoms with Gasteiger partial charge in [0.15, 0.2) is 6.29 Å². The van der Waals surface area contributed by atoms with Gasteiger partial charge in [-0.05, 0) is 43.2 Å². The number of amides is 1. The molecule has 0 bridgehead atoms. The van der Waals surface area contributed by atoms with E-state index in [4.69, 9.17) is 11.6 Å². The van der Waals surface area contributed by atoms with Gasteiger partial charge >= 0.3 is 0 Å². The van der Waals surface area contributed by atoms with Crippen LogP contribution in [-0.4, -0.2) is 17.2 Å². The SMILES string of the molecule is Cc1cc(C)c(NC(=O)c2ccc(C=O)[nH]2)c(Cl)c1. The molecule has 0 radical (unpaired) electrons. The second kappa shape index (κ2) is 5.28. The van der Waals surface area contributed by atoms with Crippen LogP contribution in [0.4, 0.5) is 5.69 Å². The molecule has 1 aromatic carbocycles. The second-order valence-electron chi connectivity index (χ2n) is 4.34. The smallest absolute Gasteiger partial charge is 0.272 e. The van der Waals surface area contributed by atoms with Crippen LogP contribution in [0.3, 0.4) is 0 Å². The number of aromatic amines is 1. The summed E-state index contributed by atoms with van der Waals surface area (Å²) in [6.07, 6.45) is 0.654. The van der Waals surface area contributed by atoms with E-state index in [1.807, 2.05) is 19.9 Å². The van der Waals surface area contributed by atoms with Crippen LogP contribution < -0.4 is 5.32 Å². The highest BCUT2D eigenvalue weighted by Gasteiger charge is 2.12. The Morgan fingerprint density at radius 1 is 1.32 bits per heavy atom. The van der Waals surface area contributed by atoms with E-state index in [-0.39, 0.29) is 5.91 Å². The Hall–Kier alpha value is -2.07. The lowest BCUT2D eigenvalue weighted by Gasteiger charge is -2.10. The topological polar surface area (TPSA) is 62.0 Å². The number of aryl methyl sites for hydroxylation is 2. The number of nitrogens with one attached hydrogen (secondary N) is 2. The van der Waals surface area contributed by atoms with Crippen LogP contribution in [0.5, 0.6) is 0 Å². The number of H-pyrrole nitrogens is 1. The first-order valence-electron chi connectivity index (χ1n) is 5.73. The van der Waals surface area contributed by atoms with Crippen molar-refractivity contribution in [1.82, 2.24) is 4.98 Å². The summed E-state index contributed by atoms with van der Waals surface area (Å²) >= 11 is 6.12. The average Bonchev–Trinajstić information content (AvgIpc) is 2.82. The Balaban J connectivity index is 2.26. The highest BCUT2D eigenvalue weighted by Crippen LogP contribution is 2.27. The quantitative estimate of drug-likeness (QED) is 0.845. The van der Waals surface area contributed by atoms with Crippen LogP contribution in [0.1, 0.15) is 32.1 Å². The predicted molar refractivity (Wildman–Crippen MR) is 75.1 cm³/mol. The minimum Gasteiger partial charge on any atom is -0.348 e. The molecule has 1 heterocycles. The molecule has 1 aromatic heterocycles. The molecule has 5 heteroatoms. The maximum Gasteiger partial charge on any atom is 0.272 e. The highest BCUT2D eigenvalue weighted by molar-refractivity contribution is 6.34. The Labute approximate surface area is 115 Å². The van der Waals surface area contributed by atoms with Crippen molar-refractivity contribution < 1.29 is 9.59 Å². The molecule has 0 unspecified atom stereocenters. The molecule has 1 amide bonds. The number of anilines is 1. The summed E-state index contributed by atoms with van der Waals surface area (Å²) in [6, 6.07) is 6.82. The highest BCUT2D eigenvalue weighted by atomic mass is 35.5. The number of carbonyl (C=O) groups is 2. The van der Waals surface area contributed by atoms with Crippen LogP contribution in [0.15, 0.2) is 24.3 Å². The van der Waals surface area contributed by atoms with Crippen LogP contribution >= 0.6 is 11.6 Å². The molecule has 19 heavy (non-hydrogen) atoms. The van der Waals surface area contributed by atoms with Crippen molar-refractivity contribution in [2.75, 3.05) is 5.32 Å². The van der Waals surface area contributed by atoms with Gasteiger partial charge in [0.25, 0.3) is 5.91 Å². The van der Waals surface area contributed by atoms with E-state index in [9.17, 15) is 9.59 Å². The average molecular weight is 277 g/mol. The van der Waals surface area contributed by atoms with Crippen molar-refractivity contribution in [3.05, 3.63) is 51.8 Å². The molecule has 2 rings (SSSR count). The molecule has 0 atom stereocenters. The maximum atomic E-state index is 12.0. The van der Waals surface area contributed by atoms with Crippen LogP contribution in [0, 0.1) is 13.8 Å². The van der Waals surface area contributed by atoms with Gasteiger partial charge in [-0.25, -0.2) is 0 Å². The third-order valence-electron chi connectivity index (χ3n) is 2.75. The first-order chi connectivity index (χ1) is 9.01. The summed E-state index contributed by atoms with van der Waals surface area (Å²) < 4.78 is 0. The number of aromatic nitrogens is 1. The number of halogens is 1. The fourth-order valence-electron chi connectivity index (χ4n) is 1.87. The molecule has 0 spiro atoms. The Morgan fingerprint density at radius 2 is 2.05 bits per heavy atom. The van der Waals surface area contributed by atoms with E-state index in [0.717, 1.165) is 11.1 Å². The lowest BCUT2D eigenvalue weighted by atomic mass is 10.1.